The van der Waals surface area contributed by atoms with Crippen LogP contribution in [0.15, 0.2) is 22.7 Å². The second kappa shape index (κ2) is 6.77. The highest BCUT2D eigenvalue weighted by Crippen LogP contribution is 2.26. The molecule has 0 radical (unpaired) electrons. The highest BCUT2D eigenvalue weighted by molar-refractivity contribution is 9.10. The molecule has 94 valence electrons. The van der Waals surface area contributed by atoms with Crippen LogP contribution in [0.2, 0.25) is 0 Å². The first kappa shape index (κ1) is 14.2. The third-order valence-corrected chi connectivity index (χ3v) is 3.10. The van der Waals surface area contributed by atoms with Gasteiger partial charge in [0.05, 0.1) is 18.8 Å². The lowest BCUT2D eigenvalue weighted by Crippen LogP contribution is -2.09. The number of esters is 1. The summed E-state index contributed by atoms with van der Waals surface area (Å²) in [7, 11) is 1.34. The highest BCUT2D eigenvalue weighted by atomic mass is 79.9. The Morgan fingerprint density at radius 2 is 2.24 bits per heavy atom. The van der Waals surface area contributed by atoms with Crippen molar-refractivity contribution in [1.29, 1.82) is 0 Å². The maximum atomic E-state index is 11.6. The molecule has 4 heteroatoms. The first-order valence-electron chi connectivity index (χ1n) is 5.66. The molecule has 1 aromatic carbocycles. The summed E-state index contributed by atoms with van der Waals surface area (Å²) in [5.74, 6) is -0.420. The predicted molar refractivity (Wildman–Crippen MR) is 70.0 cm³/mol. The summed E-state index contributed by atoms with van der Waals surface area (Å²) >= 11 is 3.31. The fourth-order valence-corrected chi connectivity index (χ4v) is 2.02. The number of methoxy groups -OCH3 is 1. The largest absolute Gasteiger partial charge is 0.465 e. The Balaban J connectivity index is 3.01. The molecule has 0 heterocycles. The van der Waals surface area contributed by atoms with Gasteiger partial charge in [-0.2, -0.15) is 0 Å². The van der Waals surface area contributed by atoms with Gasteiger partial charge in [-0.1, -0.05) is 41.8 Å². The van der Waals surface area contributed by atoms with E-state index in [-0.39, 0.29) is 0 Å². The summed E-state index contributed by atoms with van der Waals surface area (Å²) in [6.07, 6.45) is 1.98. The van der Waals surface area contributed by atoms with Crippen LogP contribution in [0, 0.1) is 0 Å². The molecule has 0 saturated heterocycles. The van der Waals surface area contributed by atoms with E-state index in [1.807, 2.05) is 6.07 Å². The molecule has 17 heavy (non-hydrogen) atoms. The molecule has 0 amide bonds. The van der Waals surface area contributed by atoms with E-state index >= 15 is 0 Å². The van der Waals surface area contributed by atoms with Crippen molar-refractivity contribution in [2.45, 2.75) is 32.3 Å². The SMILES string of the molecule is CCCCC(O)c1ccc(Br)cc1C(=O)OC. The van der Waals surface area contributed by atoms with Crippen LogP contribution >= 0.6 is 15.9 Å². The zero-order chi connectivity index (χ0) is 12.8. The molecule has 0 aliphatic heterocycles. The summed E-state index contributed by atoms with van der Waals surface area (Å²) in [5.41, 5.74) is 1.05. The minimum atomic E-state index is -0.614. The average Bonchev–Trinajstić information content (AvgIpc) is 2.34. The van der Waals surface area contributed by atoms with Crippen LogP contribution in [0.3, 0.4) is 0 Å². The van der Waals surface area contributed by atoms with E-state index in [1.54, 1.807) is 12.1 Å². The number of halogens is 1. The standard InChI is InChI=1S/C13H17BrO3/c1-3-4-5-12(15)10-7-6-9(14)8-11(10)13(16)17-2/h6-8,12,15H,3-5H2,1-2H3. The van der Waals surface area contributed by atoms with Gasteiger partial charge in [0.25, 0.3) is 0 Å². The molecule has 1 aromatic rings. The minimum Gasteiger partial charge on any atom is -0.465 e. The molecule has 0 aliphatic carbocycles. The van der Waals surface area contributed by atoms with Gasteiger partial charge in [0.2, 0.25) is 0 Å². The van der Waals surface area contributed by atoms with E-state index in [9.17, 15) is 9.90 Å². The summed E-state index contributed by atoms with van der Waals surface area (Å²) in [4.78, 5) is 11.6. The van der Waals surface area contributed by atoms with Crippen molar-refractivity contribution in [1.82, 2.24) is 0 Å². The van der Waals surface area contributed by atoms with E-state index in [4.69, 9.17) is 4.74 Å². The summed E-state index contributed by atoms with van der Waals surface area (Å²) in [6.45, 7) is 2.06. The molecule has 0 bridgehead atoms. The van der Waals surface area contributed by atoms with E-state index in [2.05, 4.69) is 22.9 Å². The third-order valence-electron chi connectivity index (χ3n) is 2.61. The number of aliphatic hydroxyl groups excluding tert-OH is 1. The zero-order valence-electron chi connectivity index (χ0n) is 10.1. The fraction of sp³-hybridized carbons (Fsp3) is 0.462. The van der Waals surface area contributed by atoms with Crippen molar-refractivity contribution in [3.8, 4) is 0 Å². The Hall–Kier alpha value is -0.870. The lowest BCUT2D eigenvalue weighted by Gasteiger charge is -2.14. The number of rotatable bonds is 5. The van der Waals surface area contributed by atoms with Gasteiger partial charge < -0.3 is 9.84 Å². The number of hydrogen-bond acceptors (Lipinski definition) is 3. The van der Waals surface area contributed by atoms with Crippen molar-refractivity contribution in [3.05, 3.63) is 33.8 Å². The molecule has 0 spiro atoms. The first-order chi connectivity index (χ1) is 8.10. The lowest BCUT2D eigenvalue weighted by molar-refractivity contribution is 0.0592. The maximum absolute atomic E-state index is 11.6. The van der Waals surface area contributed by atoms with E-state index in [0.29, 0.717) is 17.5 Å². The minimum absolute atomic E-state index is 0.420. The molecule has 1 rings (SSSR count). The molecule has 0 aromatic heterocycles. The number of aliphatic hydroxyl groups is 1. The van der Waals surface area contributed by atoms with Crippen LogP contribution in [0.25, 0.3) is 0 Å². The van der Waals surface area contributed by atoms with Crippen LogP contribution in [0.5, 0.6) is 0 Å². The molecule has 0 saturated carbocycles. The molecule has 1 N–H and O–H groups in total. The van der Waals surface area contributed by atoms with E-state index < -0.39 is 12.1 Å². The number of carbonyl (C=O) groups excluding carboxylic acids is 1. The van der Waals surface area contributed by atoms with Gasteiger partial charge >= 0.3 is 5.97 Å². The van der Waals surface area contributed by atoms with Crippen molar-refractivity contribution < 1.29 is 14.6 Å². The van der Waals surface area contributed by atoms with Crippen molar-refractivity contribution in [2.75, 3.05) is 7.11 Å². The summed E-state index contributed by atoms with van der Waals surface area (Å²) in [5, 5.41) is 10.0. The predicted octanol–water partition coefficient (Wildman–Crippen LogP) is 3.46. The molecule has 3 nitrogen and oxygen atoms in total. The number of carbonyl (C=O) groups is 1. The zero-order valence-corrected chi connectivity index (χ0v) is 11.7. The molecule has 0 fully saturated rings. The Morgan fingerprint density at radius 1 is 1.53 bits per heavy atom. The highest BCUT2D eigenvalue weighted by Gasteiger charge is 2.17. The number of ether oxygens (including phenoxy) is 1. The molecular formula is C13H17BrO3. The maximum Gasteiger partial charge on any atom is 0.338 e. The average molecular weight is 301 g/mol. The summed E-state index contributed by atoms with van der Waals surface area (Å²) < 4.78 is 5.51. The molecular weight excluding hydrogens is 284 g/mol. The van der Waals surface area contributed by atoms with Crippen LogP contribution < -0.4 is 0 Å². The van der Waals surface area contributed by atoms with Gasteiger partial charge in [-0.15, -0.1) is 0 Å². The van der Waals surface area contributed by atoms with Crippen molar-refractivity contribution >= 4 is 21.9 Å². The van der Waals surface area contributed by atoms with Crippen LogP contribution in [0.1, 0.15) is 48.2 Å². The quantitative estimate of drug-likeness (QED) is 0.847. The van der Waals surface area contributed by atoms with Crippen molar-refractivity contribution in [3.63, 3.8) is 0 Å². The number of benzene rings is 1. The first-order valence-corrected chi connectivity index (χ1v) is 6.45. The number of hydrogen-bond donors (Lipinski definition) is 1. The van der Waals surface area contributed by atoms with Gasteiger partial charge in [-0.05, 0) is 24.1 Å². The van der Waals surface area contributed by atoms with Gasteiger partial charge in [-0.25, -0.2) is 4.79 Å². The smallest absolute Gasteiger partial charge is 0.338 e. The number of unbranched alkanes of at least 4 members (excludes halogenated alkanes) is 1. The van der Waals surface area contributed by atoms with Gasteiger partial charge in [0.15, 0.2) is 0 Å². The van der Waals surface area contributed by atoms with Crippen LogP contribution in [-0.2, 0) is 4.74 Å². The Kier molecular flexibility index (Phi) is 5.65. The van der Waals surface area contributed by atoms with E-state index in [1.165, 1.54) is 7.11 Å². The monoisotopic (exact) mass is 300 g/mol. The Bertz CT molecular complexity index is 390. The topological polar surface area (TPSA) is 46.5 Å². The van der Waals surface area contributed by atoms with E-state index in [0.717, 1.165) is 17.3 Å². The second-order valence-corrected chi connectivity index (χ2v) is 4.80. The van der Waals surface area contributed by atoms with Gasteiger partial charge in [-0.3, -0.25) is 0 Å². The fourth-order valence-electron chi connectivity index (χ4n) is 1.66. The van der Waals surface area contributed by atoms with Gasteiger partial charge in [0.1, 0.15) is 0 Å². The summed E-state index contributed by atoms with van der Waals surface area (Å²) in [6, 6.07) is 5.25. The molecule has 1 atom stereocenters. The van der Waals surface area contributed by atoms with Crippen molar-refractivity contribution in [2.24, 2.45) is 0 Å². The van der Waals surface area contributed by atoms with Crippen LogP contribution in [0.4, 0.5) is 0 Å². The Labute approximate surface area is 110 Å². The lowest BCUT2D eigenvalue weighted by atomic mass is 9.98. The molecule has 1 unspecified atom stereocenters. The Morgan fingerprint density at radius 3 is 2.82 bits per heavy atom. The second-order valence-electron chi connectivity index (χ2n) is 3.88. The normalized spacial score (nSPS) is 12.2. The molecule has 0 aliphatic rings. The van der Waals surface area contributed by atoms with Gasteiger partial charge in [0, 0.05) is 4.47 Å². The third kappa shape index (κ3) is 3.82. The van der Waals surface area contributed by atoms with Crippen LogP contribution in [-0.4, -0.2) is 18.2 Å².